The number of nitrogens with one attached hydrogen (secondary N) is 1. The van der Waals surface area contributed by atoms with E-state index in [1.807, 2.05) is 36.0 Å². The van der Waals surface area contributed by atoms with E-state index in [4.69, 9.17) is 4.74 Å². The predicted molar refractivity (Wildman–Crippen MR) is 110 cm³/mol. The highest BCUT2D eigenvalue weighted by Gasteiger charge is 2.19. The Hall–Kier alpha value is -1.92. The summed E-state index contributed by atoms with van der Waals surface area (Å²) in [5.74, 6) is 3.59. The summed E-state index contributed by atoms with van der Waals surface area (Å²) >= 11 is 3.56. The van der Waals surface area contributed by atoms with Crippen LogP contribution in [0.4, 0.5) is 0 Å². The SMILES string of the molecule is Cc1ccc(SCCC(=O)N/N=C\c2cccc(OC3CSC3)c2)cc1. The first kappa shape index (κ1) is 18.9. The van der Waals surface area contributed by atoms with Gasteiger partial charge in [-0.1, -0.05) is 29.8 Å². The Kier molecular flexibility index (Phi) is 7.03. The van der Waals surface area contributed by atoms with Crippen molar-refractivity contribution < 1.29 is 9.53 Å². The maximum Gasteiger partial charge on any atom is 0.240 e. The lowest BCUT2D eigenvalue weighted by Crippen LogP contribution is -2.31. The molecule has 0 aliphatic carbocycles. The van der Waals surface area contributed by atoms with Crippen LogP contribution < -0.4 is 10.2 Å². The molecule has 1 amide bonds. The topological polar surface area (TPSA) is 50.7 Å². The van der Waals surface area contributed by atoms with E-state index in [2.05, 4.69) is 41.7 Å². The van der Waals surface area contributed by atoms with E-state index in [9.17, 15) is 4.79 Å². The standard InChI is InChI=1S/C20H22N2O2S2/c1-15-5-7-19(8-6-15)26-10-9-20(23)22-21-12-16-3-2-4-17(11-16)24-18-13-25-14-18/h2-8,11-12,18H,9-10,13-14H2,1H3,(H,22,23)/b21-12-. The first-order chi connectivity index (χ1) is 12.7. The van der Waals surface area contributed by atoms with E-state index in [1.165, 1.54) is 10.5 Å². The molecule has 0 saturated carbocycles. The minimum absolute atomic E-state index is 0.0836. The van der Waals surface area contributed by atoms with Crippen LogP contribution in [0.3, 0.4) is 0 Å². The molecule has 136 valence electrons. The van der Waals surface area contributed by atoms with Gasteiger partial charge in [-0.25, -0.2) is 5.43 Å². The second-order valence-corrected chi connectivity index (χ2v) is 8.30. The van der Waals surface area contributed by atoms with Crippen molar-refractivity contribution in [3.05, 3.63) is 59.7 Å². The van der Waals surface area contributed by atoms with Gasteiger partial charge in [-0.05, 0) is 36.8 Å². The van der Waals surface area contributed by atoms with Gasteiger partial charge in [0.2, 0.25) is 5.91 Å². The van der Waals surface area contributed by atoms with Crippen LogP contribution in [-0.2, 0) is 4.79 Å². The Morgan fingerprint density at radius 2 is 2.12 bits per heavy atom. The zero-order valence-electron chi connectivity index (χ0n) is 14.7. The molecule has 26 heavy (non-hydrogen) atoms. The molecule has 4 nitrogen and oxygen atoms in total. The van der Waals surface area contributed by atoms with Crippen molar-refractivity contribution in [1.82, 2.24) is 5.43 Å². The highest BCUT2D eigenvalue weighted by molar-refractivity contribution is 8.00. The normalized spacial score (nSPS) is 14.2. The molecule has 0 unspecified atom stereocenters. The van der Waals surface area contributed by atoms with Gasteiger partial charge in [0.05, 0.1) is 6.21 Å². The number of aryl methyl sites for hydroxylation is 1. The third-order valence-corrected chi connectivity index (χ3v) is 6.02. The molecule has 1 aliphatic rings. The van der Waals surface area contributed by atoms with Gasteiger partial charge < -0.3 is 4.74 Å². The Morgan fingerprint density at radius 3 is 2.85 bits per heavy atom. The molecule has 2 aromatic rings. The summed E-state index contributed by atoms with van der Waals surface area (Å²) in [7, 11) is 0. The van der Waals surface area contributed by atoms with Crippen molar-refractivity contribution >= 4 is 35.6 Å². The maximum atomic E-state index is 11.9. The van der Waals surface area contributed by atoms with Crippen LogP contribution in [0.1, 0.15) is 17.5 Å². The summed E-state index contributed by atoms with van der Waals surface area (Å²) in [6.45, 7) is 2.06. The summed E-state index contributed by atoms with van der Waals surface area (Å²) in [6, 6.07) is 16.1. The molecule has 1 fully saturated rings. The minimum Gasteiger partial charge on any atom is -0.489 e. The molecule has 6 heteroatoms. The molecule has 1 heterocycles. The van der Waals surface area contributed by atoms with Crippen LogP contribution in [0.5, 0.6) is 5.75 Å². The Balaban J connectivity index is 1.39. The number of rotatable bonds is 8. The van der Waals surface area contributed by atoms with Gasteiger partial charge in [-0.2, -0.15) is 16.9 Å². The molecule has 3 rings (SSSR count). The zero-order valence-corrected chi connectivity index (χ0v) is 16.3. The Morgan fingerprint density at radius 1 is 1.31 bits per heavy atom. The van der Waals surface area contributed by atoms with Crippen molar-refractivity contribution in [3.8, 4) is 5.75 Å². The maximum absolute atomic E-state index is 11.9. The predicted octanol–water partition coefficient (Wildman–Crippen LogP) is 4.12. The average Bonchev–Trinajstić information content (AvgIpc) is 2.60. The molecule has 0 bridgehead atoms. The number of ether oxygens (including phenoxy) is 1. The summed E-state index contributed by atoms with van der Waals surface area (Å²) in [5, 5.41) is 4.04. The third-order valence-electron chi connectivity index (χ3n) is 3.79. The number of nitrogens with zero attached hydrogens (tertiary/aromatic N) is 1. The molecule has 1 aliphatic heterocycles. The van der Waals surface area contributed by atoms with Gasteiger partial charge in [0.1, 0.15) is 11.9 Å². The fourth-order valence-electron chi connectivity index (χ4n) is 2.27. The summed E-state index contributed by atoms with van der Waals surface area (Å²) in [4.78, 5) is 13.0. The molecule has 0 aromatic heterocycles. The van der Waals surface area contributed by atoms with Crippen molar-refractivity contribution in [3.63, 3.8) is 0 Å². The highest BCUT2D eigenvalue weighted by atomic mass is 32.2. The molecule has 0 atom stereocenters. The van der Waals surface area contributed by atoms with E-state index >= 15 is 0 Å². The number of hydrazone groups is 1. The Labute approximate surface area is 162 Å². The van der Waals surface area contributed by atoms with Crippen LogP contribution in [0.25, 0.3) is 0 Å². The van der Waals surface area contributed by atoms with E-state index < -0.39 is 0 Å². The van der Waals surface area contributed by atoms with Crippen molar-refractivity contribution in [2.45, 2.75) is 24.3 Å². The largest absolute Gasteiger partial charge is 0.489 e. The molecule has 0 radical (unpaired) electrons. The van der Waals surface area contributed by atoms with Crippen LogP contribution in [0.15, 0.2) is 58.5 Å². The quantitative estimate of drug-likeness (QED) is 0.421. The average molecular weight is 387 g/mol. The highest BCUT2D eigenvalue weighted by Crippen LogP contribution is 2.24. The number of thioether (sulfide) groups is 2. The van der Waals surface area contributed by atoms with Gasteiger partial charge in [-0.3, -0.25) is 4.79 Å². The van der Waals surface area contributed by atoms with Crippen molar-refractivity contribution in [2.75, 3.05) is 17.3 Å². The second kappa shape index (κ2) is 9.69. The number of benzene rings is 2. The van der Waals surface area contributed by atoms with E-state index in [-0.39, 0.29) is 5.91 Å². The molecular formula is C20H22N2O2S2. The number of carbonyl (C=O) groups excluding carboxylic acids is 1. The zero-order chi connectivity index (χ0) is 18.2. The number of hydrogen-bond donors (Lipinski definition) is 1. The lowest BCUT2D eigenvalue weighted by Gasteiger charge is -2.25. The Bertz CT molecular complexity index is 759. The summed E-state index contributed by atoms with van der Waals surface area (Å²) < 4.78 is 5.85. The minimum atomic E-state index is -0.0836. The van der Waals surface area contributed by atoms with Gasteiger partial charge >= 0.3 is 0 Å². The lowest BCUT2D eigenvalue weighted by atomic mass is 10.2. The van der Waals surface area contributed by atoms with Gasteiger partial charge in [0, 0.05) is 28.6 Å². The number of amides is 1. The summed E-state index contributed by atoms with van der Waals surface area (Å²) in [6.07, 6.45) is 2.39. The number of carbonyl (C=O) groups is 1. The lowest BCUT2D eigenvalue weighted by molar-refractivity contribution is -0.120. The van der Waals surface area contributed by atoms with E-state index in [0.717, 1.165) is 28.6 Å². The van der Waals surface area contributed by atoms with E-state index in [0.29, 0.717) is 12.5 Å². The summed E-state index contributed by atoms with van der Waals surface area (Å²) in [5.41, 5.74) is 4.73. The van der Waals surface area contributed by atoms with Gasteiger partial charge in [0.25, 0.3) is 0 Å². The fourth-order valence-corrected chi connectivity index (χ4v) is 3.69. The van der Waals surface area contributed by atoms with Gasteiger partial charge in [-0.15, -0.1) is 11.8 Å². The third kappa shape index (κ3) is 6.11. The molecular weight excluding hydrogens is 364 g/mol. The van der Waals surface area contributed by atoms with E-state index in [1.54, 1.807) is 18.0 Å². The molecule has 1 saturated heterocycles. The second-order valence-electron chi connectivity index (χ2n) is 6.05. The first-order valence-corrected chi connectivity index (χ1v) is 10.7. The fraction of sp³-hybridized carbons (Fsp3) is 0.300. The first-order valence-electron chi connectivity index (χ1n) is 8.55. The number of hydrogen-bond acceptors (Lipinski definition) is 5. The molecule has 0 spiro atoms. The molecule has 2 aromatic carbocycles. The van der Waals surface area contributed by atoms with Crippen LogP contribution in [0.2, 0.25) is 0 Å². The molecule has 1 N–H and O–H groups in total. The van der Waals surface area contributed by atoms with Gasteiger partial charge in [0.15, 0.2) is 0 Å². The van der Waals surface area contributed by atoms with Crippen LogP contribution in [0, 0.1) is 6.92 Å². The smallest absolute Gasteiger partial charge is 0.240 e. The van der Waals surface area contributed by atoms with Crippen LogP contribution in [-0.4, -0.2) is 35.5 Å². The monoisotopic (exact) mass is 386 g/mol. The van der Waals surface area contributed by atoms with Crippen LogP contribution >= 0.6 is 23.5 Å². The van der Waals surface area contributed by atoms with Crippen molar-refractivity contribution in [1.29, 1.82) is 0 Å². The van der Waals surface area contributed by atoms with Crippen molar-refractivity contribution in [2.24, 2.45) is 5.10 Å².